The number of benzene rings is 1. The Labute approximate surface area is 104 Å². The number of hydrogen-bond acceptors (Lipinski definition) is 1. The predicted octanol–water partition coefficient (Wildman–Crippen LogP) is 3.88. The lowest BCUT2D eigenvalue weighted by Gasteiger charge is -2.56. The Hall–Kier alpha value is -1.24. The van der Waals surface area contributed by atoms with Crippen LogP contribution in [-0.4, -0.2) is 12.1 Å². The first-order valence-corrected chi connectivity index (χ1v) is 6.49. The van der Waals surface area contributed by atoms with E-state index in [2.05, 4.69) is 62.9 Å². The predicted molar refractivity (Wildman–Crippen MR) is 74.4 cm³/mol. The van der Waals surface area contributed by atoms with Crippen molar-refractivity contribution in [2.45, 2.75) is 39.7 Å². The van der Waals surface area contributed by atoms with Crippen LogP contribution < -0.4 is 4.90 Å². The van der Waals surface area contributed by atoms with Crippen molar-refractivity contribution in [2.75, 3.05) is 11.4 Å². The standard InChI is InChI=1S/C16H21N/c1-15(2)11-13-8-5-7-12-9-6-10-17(14(12)13)16(15,3)4/h5-9H,10-11H2,1-4H3. The Kier molecular flexibility index (Phi) is 2.02. The zero-order valence-corrected chi connectivity index (χ0v) is 11.2. The topological polar surface area (TPSA) is 3.24 Å². The number of nitrogens with zero attached hydrogens (tertiary/aromatic N) is 1. The summed E-state index contributed by atoms with van der Waals surface area (Å²) in [6.45, 7) is 10.6. The second-order valence-electron chi connectivity index (χ2n) is 6.49. The van der Waals surface area contributed by atoms with E-state index in [1.807, 2.05) is 0 Å². The van der Waals surface area contributed by atoms with Crippen LogP contribution in [0.3, 0.4) is 0 Å². The van der Waals surface area contributed by atoms with Gasteiger partial charge < -0.3 is 4.90 Å². The Morgan fingerprint density at radius 2 is 1.88 bits per heavy atom. The fraction of sp³-hybridized carbons (Fsp3) is 0.500. The average molecular weight is 227 g/mol. The monoisotopic (exact) mass is 227 g/mol. The highest BCUT2D eigenvalue weighted by Gasteiger charge is 2.46. The third kappa shape index (κ3) is 1.31. The summed E-state index contributed by atoms with van der Waals surface area (Å²) >= 11 is 0. The average Bonchev–Trinajstić information content (AvgIpc) is 2.26. The SMILES string of the molecule is CC1(C)Cc2cccc3c2N(CC=C3)C1(C)C. The van der Waals surface area contributed by atoms with Gasteiger partial charge in [0, 0.05) is 17.8 Å². The summed E-state index contributed by atoms with van der Waals surface area (Å²) in [5.41, 5.74) is 4.89. The third-order valence-corrected chi connectivity index (χ3v) is 4.97. The van der Waals surface area contributed by atoms with Crippen LogP contribution in [0.25, 0.3) is 6.08 Å². The van der Waals surface area contributed by atoms with Gasteiger partial charge in [0.05, 0.1) is 0 Å². The molecule has 0 N–H and O–H groups in total. The second-order valence-corrected chi connectivity index (χ2v) is 6.49. The van der Waals surface area contributed by atoms with Gasteiger partial charge in [0.25, 0.3) is 0 Å². The summed E-state index contributed by atoms with van der Waals surface area (Å²) in [6, 6.07) is 6.72. The third-order valence-electron chi connectivity index (χ3n) is 4.97. The molecule has 0 saturated heterocycles. The van der Waals surface area contributed by atoms with Crippen LogP contribution in [-0.2, 0) is 6.42 Å². The fourth-order valence-electron chi connectivity index (χ4n) is 3.16. The molecule has 0 spiro atoms. The van der Waals surface area contributed by atoms with Crippen molar-refractivity contribution in [3.63, 3.8) is 0 Å². The fourth-order valence-corrected chi connectivity index (χ4v) is 3.16. The highest BCUT2D eigenvalue weighted by Crippen LogP contribution is 2.49. The molecule has 90 valence electrons. The van der Waals surface area contributed by atoms with Crippen LogP contribution in [0.15, 0.2) is 24.3 Å². The number of para-hydroxylation sites is 1. The molecule has 2 heterocycles. The van der Waals surface area contributed by atoms with E-state index in [-0.39, 0.29) is 5.54 Å². The summed E-state index contributed by atoms with van der Waals surface area (Å²) < 4.78 is 0. The minimum atomic E-state index is 0.209. The molecule has 0 fully saturated rings. The maximum Gasteiger partial charge on any atom is 0.0479 e. The van der Waals surface area contributed by atoms with Gasteiger partial charge in [-0.05, 0) is 36.8 Å². The van der Waals surface area contributed by atoms with Gasteiger partial charge in [-0.2, -0.15) is 0 Å². The van der Waals surface area contributed by atoms with Gasteiger partial charge in [0.2, 0.25) is 0 Å². The first-order valence-electron chi connectivity index (χ1n) is 6.49. The van der Waals surface area contributed by atoms with E-state index in [1.165, 1.54) is 23.2 Å². The zero-order chi connectivity index (χ0) is 12.3. The molecular formula is C16H21N. The highest BCUT2D eigenvalue weighted by molar-refractivity contribution is 5.76. The van der Waals surface area contributed by atoms with Crippen LogP contribution in [0, 0.1) is 5.41 Å². The van der Waals surface area contributed by atoms with Crippen LogP contribution in [0.2, 0.25) is 0 Å². The molecule has 0 saturated carbocycles. The van der Waals surface area contributed by atoms with Crippen molar-refractivity contribution in [1.82, 2.24) is 0 Å². The van der Waals surface area contributed by atoms with Crippen molar-refractivity contribution in [1.29, 1.82) is 0 Å². The van der Waals surface area contributed by atoms with E-state index in [0.29, 0.717) is 5.41 Å². The van der Waals surface area contributed by atoms with E-state index < -0.39 is 0 Å². The molecule has 1 heteroatoms. The van der Waals surface area contributed by atoms with Gasteiger partial charge in [-0.3, -0.25) is 0 Å². The number of rotatable bonds is 0. The van der Waals surface area contributed by atoms with Crippen LogP contribution in [0.1, 0.15) is 38.8 Å². The van der Waals surface area contributed by atoms with Crippen molar-refractivity contribution < 1.29 is 0 Å². The van der Waals surface area contributed by atoms with Gasteiger partial charge in [-0.1, -0.05) is 44.2 Å². The molecule has 2 aliphatic heterocycles. The molecule has 1 nitrogen and oxygen atoms in total. The van der Waals surface area contributed by atoms with Crippen molar-refractivity contribution in [2.24, 2.45) is 5.41 Å². The van der Waals surface area contributed by atoms with E-state index in [4.69, 9.17) is 0 Å². The summed E-state index contributed by atoms with van der Waals surface area (Å²) in [4.78, 5) is 2.58. The smallest absolute Gasteiger partial charge is 0.0479 e. The first kappa shape index (κ1) is 10.9. The molecule has 0 aliphatic carbocycles. The molecule has 0 bridgehead atoms. The summed E-state index contributed by atoms with van der Waals surface area (Å²) in [7, 11) is 0. The summed E-state index contributed by atoms with van der Waals surface area (Å²) in [6.07, 6.45) is 5.73. The lowest BCUT2D eigenvalue weighted by atomic mass is 9.66. The van der Waals surface area contributed by atoms with Crippen LogP contribution >= 0.6 is 0 Å². The lowest BCUT2D eigenvalue weighted by molar-refractivity contribution is 0.177. The second kappa shape index (κ2) is 3.16. The van der Waals surface area contributed by atoms with Crippen molar-refractivity contribution in [3.05, 3.63) is 35.4 Å². The quantitative estimate of drug-likeness (QED) is 0.650. The molecular weight excluding hydrogens is 206 g/mol. The van der Waals surface area contributed by atoms with E-state index in [1.54, 1.807) is 0 Å². The number of hydrogen-bond donors (Lipinski definition) is 0. The highest BCUT2D eigenvalue weighted by atomic mass is 15.2. The van der Waals surface area contributed by atoms with E-state index >= 15 is 0 Å². The molecule has 0 aromatic heterocycles. The molecule has 0 amide bonds. The van der Waals surface area contributed by atoms with Crippen molar-refractivity contribution >= 4 is 11.8 Å². The molecule has 0 unspecified atom stereocenters. The molecule has 1 aromatic carbocycles. The largest absolute Gasteiger partial charge is 0.361 e. The van der Waals surface area contributed by atoms with Crippen LogP contribution in [0.5, 0.6) is 0 Å². The van der Waals surface area contributed by atoms with Gasteiger partial charge in [0.1, 0.15) is 0 Å². The normalized spacial score (nSPS) is 23.4. The maximum atomic E-state index is 2.58. The maximum absolute atomic E-state index is 2.58. The summed E-state index contributed by atoms with van der Waals surface area (Å²) in [5.74, 6) is 0. The lowest BCUT2D eigenvalue weighted by Crippen LogP contribution is -2.58. The zero-order valence-electron chi connectivity index (χ0n) is 11.2. The Balaban J connectivity index is 2.26. The first-order chi connectivity index (χ1) is 7.93. The molecule has 1 aromatic rings. The molecule has 2 aliphatic rings. The van der Waals surface area contributed by atoms with E-state index in [9.17, 15) is 0 Å². The summed E-state index contributed by atoms with van der Waals surface area (Å²) in [5, 5.41) is 0. The van der Waals surface area contributed by atoms with Gasteiger partial charge >= 0.3 is 0 Å². The number of anilines is 1. The molecule has 0 radical (unpaired) electrons. The Morgan fingerprint density at radius 3 is 2.65 bits per heavy atom. The van der Waals surface area contributed by atoms with Crippen LogP contribution in [0.4, 0.5) is 5.69 Å². The van der Waals surface area contributed by atoms with Gasteiger partial charge in [-0.15, -0.1) is 0 Å². The van der Waals surface area contributed by atoms with Gasteiger partial charge in [-0.25, -0.2) is 0 Å². The van der Waals surface area contributed by atoms with Crippen molar-refractivity contribution in [3.8, 4) is 0 Å². The minimum absolute atomic E-state index is 0.209. The molecule has 17 heavy (non-hydrogen) atoms. The van der Waals surface area contributed by atoms with E-state index in [0.717, 1.165) is 6.54 Å². The molecule has 0 atom stereocenters. The van der Waals surface area contributed by atoms with Gasteiger partial charge in [0.15, 0.2) is 0 Å². The Bertz CT molecular complexity index is 494. The minimum Gasteiger partial charge on any atom is -0.361 e. The molecule has 3 rings (SSSR count). The Morgan fingerprint density at radius 1 is 1.12 bits per heavy atom.